The van der Waals surface area contributed by atoms with E-state index in [2.05, 4.69) is 31.8 Å². The van der Waals surface area contributed by atoms with Crippen LogP contribution in [0.2, 0.25) is 0 Å². The van der Waals surface area contributed by atoms with Crippen LogP contribution in [0.5, 0.6) is 0 Å². The van der Waals surface area contributed by atoms with Crippen molar-refractivity contribution in [3.05, 3.63) is 23.9 Å². The summed E-state index contributed by atoms with van der Waals surface area (Å²) >= 11 is 0. The van der Waals surface area contributed by atoms with E-state index in [1.54, 1.807) is 0 Å². The molecule has 19 heavy (non-hydrogen) atoms. The van der Waals surface area contributed by atoms with Gasteiger partial charge in [-0.2, -0.15) is 0 Å². The normalized spacial score (nSPS) is 19.6. The maximum atomic E-state index is 11.7. The number of pyridine rings is 1. The van der Waals surface area contributed by atoms with E-state index in [-0.39, 0.29) is 17.4 Å². The van der Waals surface area contributed by atoms with Gasteiger partial charge in [-0.3, -0.25) is 0 Å². The molecule has 1 saturated heterocycles. The Kier molecular flexibility index (Phi) is 3.78. The Bertz CT molecular complexity index is 448. The maximum Gasteiger partial charge on any atom is 0.328 e. The molecule has 0 aliphatic carbocycles. The molecule has 1 aliphatic rings. The zero-order chi connectivity index (χ0) is 14.0. The Labute approximate surface area is 114 Å². The molecule has 0 N–H and O–H groups in total. The predicted molar refractivity (Wildman–Crippen MR) is 75.3 cm³/mol. The fourth-order valence-corrected chi connectivity index (χ4v) is 2.42. The molecule has 0 radical (unpaired) electrons. The van der Waals surface area contributed by atoms with Gasteiger partial charge in [0.05, 0.1) is 7.11 Å². The average Bonchev–Trinajstić information content (AvgIpc) is 2.86. The van der Waals surface area contributed by atoms with Crippen LogP contribution in [0, 0.1) is 0 Å². The molecular formula is C15H22N2O2. The molecule has 4 heteroatoms. The van der Waals surface area contributed by atoms with Gasteiger partial charge in [0.1, 0.15) is 11.9 Å². The van der Waals surface area contributed by atoms with Crippen LogP contribution in [-0.2, 0) is 14.9 Å². The quantitative estimate of drug-likeness (QED) is 0.768. The van der Waals surface area contributed by atoms with Gasteiger partial charge < -0.3 is 9.64 Å². The fourth-order valence-electron chi connectivity index (χ4n) is 2.42. The lowest BCUT2D eigenvalue weighted by Gasteiger charge is -2.25. The predicted octanol–water partition coefficient (Wildman–Crippen LogP) is 2.52. The highest BCUT2D eigenvalue weighted by Crippen LogP contribution is 2.27. The summed E-state index contributed by atoms with van der Waals surface area (Å²) in [5, 5.41) is 0. The number of esters is 1. The number of anilines is 1. The zero-order valence-electron chi connectivity index (χ0n) is 12.1. The first-order valence-electron chi connectivity index (χ1n) is 6.74. The molecule has 1 aliphatic heterocycles. The number of carbonyl (C=O) groups excluding carboxylic acids is 1. The van der Waals surface area contributed by atoms with Crippen LogP contribution in [0.1, 0.15) is 39.2 Å². The molecule has 2 heterocycles. The molecule has 2 rings (SSSR count). The standard InChI is InChI=1S/C15H22N2O2/c1-15(2,3)11-7-8-13(16-10-11)17-9-5-6-12(17)14(18)19-4/h7-8,10,12H,5-6,9H2,1-4H3. The molecule has 0 aromatic carbocycles. The van der Waals surface area contributed by atoms with Crippen molar-refractivity contribution in [3.8, 4) is 0 Å². The van der Waals surface area contributed by atoms with Gasteiger partial charge >= 0.3 is 5.97 Å². The summed E-state index contributed by atoms with van der Waals surface area (Å²) in [6, 6.07) is 3.91. The van der Waals surface area contributed by atoms with Crippen molar-refractivity contribution < 1.29 is 9.53 Å². The number of ether oxygens (including phenoxy) is 1. The van der Waals surface area contributed by atoms with Gasteiger partial charge in [0.2, 0.25) is 0 Å². The number of hydrogen-bond acceptors (Lipinski definition) is 4. The minimum atomic E-state index is -0.182. The third kappa shape index (κ3) is 2.88. The highest BCUT2D eigenvalue weighted by Gasteiger charge is 2.32. The largest absolute Gasteiger partial charge is 0.467 e. The van der Waals surface area contributed by atoms with Crippen molar-refractivity contribution in [2.75, 3.05) is 18.6 Å². The number of methoxy groups -OCH3 is 1. The van der Waals surface area contributed by atoms with Crippen molar-refractivity contribution >= 4 is 11.8 Å². The van der Waals surface area contributed by atoms with Crippen LogP contribution in [0.15, 0.2) is 18.3 Å². The van der Waals surface area contributed by atoms with Gasteiger partial charge in [0.15, 0.2) is 0 Å². The molecule has 1 fully saturated rings. The van der Waals surface area contributed by atoms with Crippen molar-refractivity contribution in [1.82, 2.24) is 4.98 Å². The third-order valence-electron chi connectivity index (χ3n) is 3.63. The average molecular weight is 262 g/mol. The lowest BCUT2D eigenvalue weighted by molar-refractivity contribution is -0.141. The Hall–Kier alpha value is -1.58. The second-order valence-electron chi connectivity index (χ2n) is 6.03. The molecule has 1 atom stereocenters. The number of hydrogen-bond donors (Lipinski definition) is 0. The van der Waals surface area contributed by atoms with Crippen LogP contribution >= 0.6 is 0 Å². The lowest BCUT2D eigenvalue weighted by atomic mass is 9.88. The summed E-state index contributed by atoms with van der Waals surface area (Å²) in [6.07, 6.45) is 3.75. The summed E-state index contributed by atoms with van der Waals surface area (Å²) in [7, 11) is 1.44. The first kappa shape index (κ1) is 13.8. The molecule has 1 aromatic heterocycles. The minimum absolute atomic E-state index is 0.0955. The first-order valence-corrected chi connectivity index (χ1v) is 6.74. The van der Waals surface area contributed by atoms with Crippen LogP contribution < -0.4 is 4.90 Å². The maximum absolute atomic E-state index is 11.7. The topological polar surface area (TPSA) is 42.4 Å². The van der Waals surface area contributed by atoms with E-state index < -0.39 is 0 Å². The molecule has 1 aromatic rings. The van der Waals surface area contributed by atoms with E-state index in [0.29, 0.717) is 0 Å². The van der Waals surface area contributed by atoms with Crippen LogP contribution in [0.25, 0.3) is 0 Å². The smallest absolute Gasteiger partial charge is 0.328 e. The highest BCUT2D eigenvalue weighted by molar-refractivity contribution is 5.80. The van der Waals surface area contributed by atoms with E-state index in [1.807, 2.05) is 17.2 Å². The lowest BCUT2D eigenvalue weighted by Crippen LogP contribution is -2.37. The summed E-state index contributed by atoms with van der Waals surface area (Å²) < 4.78 is 4.86. The van der Waals surface area contributed by atoms with Gasteiger partial charge in [0.25, 0.3) is 0 Å². The fraction of sp³-hybridized carbons (Fsp3) is 0.600. The van der Waals surface area contributed by atoms with Gasteiger partial charge in [-0.05, 0) is 29.9 Å². The SMILES string of the molecule is COC(=O)C1CCCN1c1ccc(C(C)(C)C)cn1. The summed E-state index contributed by atoms with van der Waals surface area (Å²) in [6.45, 7) is 7.35. The van der Waals surface area contributed by atoms with Gasteiger partial charge in [0, 0.05) is 12.7 Å². The summed E-state index contributed by atoms with van der Waals surface area (Å²) in [4.78, 5) is 18.3. The van der Waals surface area contributed by atoms with Crippen molar-refractivity contribution in [2.24, 2.45) is 0 Å². The molecule has 1 unspecified atom stereocenters. The molecule has 0 amide bonds. The van der Waals surface area contributed by atoms with Crippen molar-refractivity contribution in [1.29, 1.82) is 0 Å². The molecule has 0 spiro atoms. The third-order valence-corrected chi connectivity index (χ3v) is 3.63. The summed E-state index contributed by atoms with van der Waals surface area (Å²) in [5.41, 5.74) is 1.29. The van der Waals surface area contributed by atoms with Crippen LogP contribution in [-0.4, -0.2) is 30.6 Å². The van der Waals surface area contributed by atoms with Crippen molar-refractivity contribution in [2.45, 2.75) is 45.1 Å². The Balaban J connectivity index is 2.20. The number of rotatable bonds is 2. The Morgan fingerprint density at radius 1 is 1.42 bits per heavy atom. The Morgan fingerprint density at radius 2 is 2.16 bits per heavy atom. The Morgan fingerprint density at radius 3 is 2.68 bits per heavy atom. The van der Waals surface area contributed by atoms with Crippen LogP contribution in [0.3, 0.4) is 0 Å². The summed E-state index contributed by atoms with van der Waals surface area (Å²) in [5.74, 6) is 0.695. The van der Waals surface area contributed by atoms with Gasteiger partial charge in [-0.1, -0.05) is 26.8 Å². The molecule has 0 saturated carbocycles. The zero-order valence-corrected chi connectivity index (χ0v) is 12.1. The van der Waals surface area contributed by atoms with Crippen molar-refractivity contribution in [3.63, 3.8) is 0 Å². The second kappa shape index (κ2) is 5.19. The van der Waals surface area contributed by atoms with Gasteiger partial charge in [-0.25, -0.2) is 9.78 Å². The molecule has 0 bridgehead atoms. The number of aromatic nitrogens is 1. The van der Waals surface area contributed by atoms with E-state index >= 15 is 0 Å². The molecule has 104 valence electrons. The second-order valence-corrected chi connectivity index (χ2v) is 6.03. The van der Waals surface area contributed by atoms with Gasteiger partial charge in [-0.15, -0.1) is 0 Å². The monoisotopic (exact) mass is 262 g/mol. The highest BCUT2D eigenvalue weighted by atomic mass is 16.5. The minimum Gasteiger partial charge on any atom is -0.467 e. The van der Waals surface area contributed by atoms with Crippen LogP contribution in [0.4, 0.5) is 5.82 Å². The van der Waals surface area contributed by atoms with E-state index in [4.69, 9.17) is 4.74 Å². The van der Waals surface area contributed by atoms with E-state index in [9.17, 15) is 4.79 Å². The molecule has 4 nitrogen and oxygen atoms in total. The van der Waals surface area contributed by atoms with E-state index in [0.717, 1.165) is 25.2 Å². The first-order chi connectivity index (χ1) is 8.93. The number of carbonyl (C=O) groups is 1. The van der Waals surface area contributed by atoms with E-state index in [1.165, 1.54) is 12.7 Å². The molecular weight excluding hydrogens is 240 g/mol. The number of nitrogens with zero attached hydrogens (tertiary/aromatic N) is 2.